The standard InChI is InChI=1S/C6H5ClF2N2O3S/c7-15(13,14)2-1-11-6(10)4(12)3(2)5(8)9/h1,5,12H,(H2,10,11). The first-order valence-corrected chi connectivity index (χ1v) is 5.76. The van der Waals surface area contributed by atoms with Crippen LogP contribution in [0.1, 0.15) is 12.0 Å². The highest BCUT2D eigenvalue weighted by Crippen LogP contribution is 2.37. The van der Waals surface area contributed by atoms with Gasteiger partial charge in [-0.2, -0.15) is 0 Å². The van der Waals surface area contributed by atoms with E-state index in [9.17, 15) is 17.2 Å². The Balaban J connectivity index is 3.62. The maximum Gasteiger partial charge on any atom is 0.268 e. The summed E-state index contributed by atoms with van der Waals surface area (Å²) in [5.74, 6) is -1.67. The average molecular weight is 259 g/mol. The van der Waals surface area contributed by atoms with Crippen LogP contribution in [0.3, 0.4) is 0 Å². The number of nitrogens with zero attached hydrogens (tertiary/aromatic N) is 1. The van der Waals surface area contributed by atoms with Crippen LogP contribution in [0.2, 0.25) is 0 Å². The fourth-order valence-electron chi connectivity index (χ4n) is 0.919. The molecule has 3 N–H and O–H groups in total. The van der Waals surface area contributed by atoms with Gasteiger partial charge in [-0.3, -0.25) is 0 Å². The first-order valence-electron chi connectivity index (χ1n) is 3.45. The highest BCUT2D eigenvalue weighted by atomic mass is 35.7. The zero-order chi connectivity index (χ0) is 11.8. The monoisotopic (exact) mass is 258 g/mol. The first kappa shape index (κ1) is 11.9. The van der Waals surface area contributed by atoms with Crippen LogP contribution < -0.4 is 5.73 Å². The van der Waals surface area contributed by atoms with E-state index in [2.05, 4.69) is 4.98 Å². The molecule has 9 heteroatoms. The summed E-state index contributed by atoms with van der Waals surface area (Å²) in [6, 6.07) is 0. The lowest BCUT2D eigenvalue weighted by molar-refractivity contribution is 0.144. The zero-order valence-corrected chi connectivity index (χ0v) is 8.56. The van der Waals surface area contributed by atoms with Crippen LogP contribution in [-0.4, -0.2) is 18.5 Å². The minimum atomic E-state index is -4.40. The van der Waals surface area contributed by atoms with Crippen LogP contribution in [0, 0.1) is 0 Å². The highest BCUT2D eigenvalue weighted by molar-refractivity contribution is 8.13. The Morgan fingerprint density at radius 3 is 2.47 bits per heavy atom. The normalized spacial score (nSPS) is 12.0. The molecule has 0 saturated heterocycles. The van der Waals surface area contributed by atoms with Gasteiger partial charge in [-0.15, -0.1) is 0 Å². The van der Waals surface area contributed by atoms with Crippen LogP contribution in [0.15, 0.2) is 11.1 Å². The van der Waals surface area contributed by atoms with Crippen molar-refractivity contribution in [1.82, 2.24) is 4.98 Å². The number of pyridine rings is 1. The molecule has 0 saturated carbocycles. The van der Waals surface area contributed by atoms with Crippen LogP contribution >= 0.6 is 10.7 Å². The topological polar surface area (TPSA) is 93.3 Å². The summed E-state index contributed by atoms with van der Waals surface area (Å²) in [6.45, 7) is 0. The van der Waals surface area contributed by atoms with Gasteiger partial charge in [0, 0.05) is 16.9 Å². The fourth-order valence-corrected chi connectivity index (χ4v) is 1.91. The Hall–Kier alpha value is -1.15. The molecule has 0 atom stereocenters. The Morgan fingerprint density at radius 1 is 1.53 bits per heavy atom. The average Bonchev–Trinajstić information content (AvgIpc) is 2.06. The molecule has 15 heavy (non-hydrogen) atoms. The number of aromatic hydroxyl groups is 1. The van der Waals surface area contributed by atoms with Crippen LogP contribution in [-0.2, 0) is 9.05 Å². The number of hydrogen-bond donors (Lipinski definition) is 2. The van der Waals surface area contributed by atoms with E-state index in [4.69, 9.17) is 21.5 Å². The van der Waals surface area contributed by atoms with E-state index >= 15 is 0 Å². The van der Waals surface area contributed by atoms with Crippen molar-refractivity contribution >= 4 is 25.6 Å². The SMILES string of the molecule is Nc1ncc(S(=O)(=O)Cl)c(C(F)F)c1O. The smallest absolute Gasteiger partial charge is 0.268 e. The van der Waals surface area contributed by atoms with Crippen molar-refractivity contribution in [3.8, 4) is 5.75 Å². The van der Waals surface area contributed by atoms with E-state index in [0.29, 0.717) is 6.20 Å². The molecule has 1 aromatic heterocycles. The lowest BCUT2D eigenvalue weighted by Crippen LogP contribution is -2.03. The van der Waals surface area contributed by atoms with E-state index in [0.717, 1.165) is 0 Å². The molecule has 84 valence electrons. The van der Waals surface area contributed by atoms with E-state index in [1.54, 1.807) is 0 Å². The van der Waals surface area contributed by atoms with Crippen molar-refractivity contribution in [2.45, 2.75) is 11.3 Å². The third-order valence-corrected chi connectivity index (χ3v) is 2.91. The summed E-state index contributed by atoms with van der Waals surface area (Å²) < 4.78 is 46.6. The molecule has 0 aliphatic heterocycles. The van der Waals surface area contributed by atoms with Gasteiger partial charge in [0.05, 0.1) is 5.56 Å². The van der Waals surface area contributed by atoms with Crippen molar-refractivity contribution in [2.24, 2.45) is 0 Å². The molecule has 1 heterocycles. The molecule has 0 aliphatic carbocycles. The number of hydrogen-bond acceptors (Lipinski definition) is 5. The third-order valence-electron chi connectivity index (χ3n) is 1.56. The number of nitrogens with two attached hydrogens (primary N) is 1. The van der Waals surface area contributed by atoms with E-state index < -0.39 is 37.5 Å². The lowest BCUT2D eigenvalue weighted by Gasteiger charge is -2.08. The van der Waals surface area contributed by atoms with Crippen LogP contribution in [0.5, 0.6) is 5.75 Å². The molecule has 0 unspecified atom stereocenters. The number of rotatable bonds is 2. The van der Waals surface area contributed by atoms with Crippen molar-refractivity contribution < 1.29 is 22.3 Å². The fraction of sp³-hybridized carbons (Fsp3) is 0.167. The predicted molar refractivity (Wildman–Crippen MR) is 48.3 cm³/mol. The van der Waals surface area contributed by atoms with Crippen LogP contribution in [0.4, 0.5) is 14.6 Å². The highest BCUT2D eigenvalue weighted by Gasteiger charge is 2.27. The number of halogens is 3. The largest absolute Gasteiger partial charge is 0.504 e. The quantitative estimate of drug-likeness (QED) is 0.779. The van der Waals surface area contributed by atoms with E-state index in [1.165, 1.54) is 0 Å². The molecule has 0 radical (unpaired) electrons. The number of aromatic nitrogens is 1. The minimum Gasteiger partial charge on any atom is -0.504 e. The Labute approximate surface area is 87.9 Å². The van der Waals surface area contributed by atoms with Gasteiger partial charge < -0.3 is 10.8 Å². The number of anilines is 1. The molecule has 1 aromatic rings. The molecule has 0 bridgehead atoms. The maximum absolute atomic E-state index is 12.4. The second-order valence-corrected chi connectivity index (χ2v) is 5.04. The summed E-state index contributed by atoms with van der Waals surface area (Å²) in [4.78, 5) is 2.27. The molecule has 0 aliphatic rings. The van der Waals surface area contributed by atoms with Crippen molar-refractivity contribution in [1.29, 1.82) is 0 Å². The Kier molecular flexibility index (Phi) is 3.00. The summed E-state index contributed by atoms with van der Waals surface area (Å²) >= 11 is 0. The van der Waals surface area contributed by atoms with Gasteiger partial charge in [0.15, 0.2) is 11.6 Å². The van der Waals surface area contributed by atoms with Gasteiger partial charge in [0.25, 0.3) is 15.5 Å². The molecular weight excluding hydrogens is 254 g/mol. The first-order chi connectivity index (χ1) is 6.75. The van der Waals surface area contributed by atoms with Gasteiger partial charge in [-0.05, 0) is 0 Å². The minimum absolute atomic E-state index is 0.568. The number of alkyl halides is 2. The Bertz CT molecular complexity index is 491. The van der Waals surface area contributed by atoms with E-state index in [-0.39, 0.29) is 0 Å². The van der Waals surface area contributed by atoms with Gasteiger partial charge >= 0.3 is 0 Å². The molecule has 5 nitrogen and oxygen atoms in total. The van der Waals surface area contributed by atoms with Gasteiger partial charge in [0.2, 0.25) is 0 Å². The molecule has 0 aromatic carbocycles. The van der Waals surface area contributed by atoms with Gasteiger partial charge in [-0.25, -0.2) is 22.2 Å². The summed E-state index contributed by atoms with van der Waals surface area (Å²) in [5.41, 5.74) is 3.90. The van der Waals surface area contributed by atoms with Gasteiger partial charge in [-0.1, -0.05) is 0 Å². The summed E-state index contributed by atoms with van der Waals surface area (Å²) in [5, 5.41) is 9.12. The third kappa shape index (κ3) is 2.26. The van der Waals surface area contributed by atoms with Crippen LogP contribution in [0.25, 0.3) is 0 Å². The molecule has 1 rings (SSSR count). The summed E-state index contributed by atoms with van der Waals surface area (Å²) in [6.07, 6.45) is -2.65. The van der Waals surface area contributed by atoms with Gasteiger partial charge in [0.1, 0.15) is 4.90 Å². The van der Waals surface area contributed by atoms with Crippen molar-refractivity contribution in [2.75, 3.05) is 5.73 Å². The van der Waals surface area contributed by atoms with E-state index in [1.807, 2.05) is 0 Å². The second kappa shape index (κ2) is 3.78. The predicted octanol–water partition coefficient (Wildman–Crippen LogP) is 1.23. The molecule has 0 amide bonds. The number of nitrogen functional groups attached to an aromatic ring is 1. The molecular formula is C6H5ClF2N2O3S. The molecule has 0 spiro atoms. The zero-order valence-electron chi connectivity index (χ0n) is 6.99. The Morgan fingerprint density at radius 2 is 2.07 bits per heavy atom. The molecule has 0 fully saturated rings. The van der Waals surface area contributed by atoms with Crippen molar-refractivity contribution in [3.63, 3.8) is 0 Å². The maximum atomic E-state index is 12.4. The summed E-state index contributed by atoms with van der Waals surface area (Å²) in [7, 11) is 0.475. The lowest BCUT2D eigenvalue weighted by atomic mass is 10.2. The van der Waals surface area contributed by atoms with Crippen molar-refractivity contribution in [3.05, 3.63) is 11.8 Å². The second-order valence-electron chi connectivity index (χ2n) is 2.51.